The van der Waals surface area contributed by atoms with E-state index in [2.05, 4.69) is 9.29 Å². The average Bonchev–Trinajstić information content (AvgIpc) is 2.17. The fraction of sp³-hybridized carbons (Fsp3) is 0.875. The molecule has 2 N–H and O–H groups in total. The third-order valence-corrected chi connectivity index (χ3v) is 4.47. The summed E-state index contributed by atoms with van der Waals surface area (Å²) in [4.78, 5) is 9.24. The summed E-state index contributed by atoms with van der Waals surface area (Å²) in [6.45, 7) is 1.96. The summed E-state index contributed by atoms with van der Waals surface area (Å²) in [7, 11) is -3.89. The second-order valence-electron chi connectivity index (χ2n) is 3.17. The lowest BCUT2D eigenvalue weighted by molar-refractivity contribution is 0.387. The minimum Gasteiger partial charge on any atom is -0.323 e. The van der Waals surface area contributed by atoms with Gasteiger partial charge in [0.25, 0.3) is 0 Å². The minimum absolute atomic E-state index is 0.0453. The summed E-state index contributed by atoms with van der Waals surface area (Å²) in [5, 5.41) is 10.6. The van der Waals surface area contributed by atoms with E-state index >= 15 is 0 Å². The zero-order valence-electron chi connectivity index (χ0n) is 9.22. The van der Waals surface area contributed by atoms with Crippen LogP contribution in [-0.2, 0) is 19.6 Å². The van der Waals surface area contributed by atoms with Gasteiger partial charge in [-0.2, -0.15) is 5.26 Å². The van der Waals surface area contributed by atoms with Crippen molar-refractivity contribution >= 4 is 18.7 Å². The Balaban J connectivity index is 3.82. The molecule has 0 amide bonds. The Kier molecular flexibility index (Phi) is 8.71. The lowest BCUT2D eigenvalue weighted by Gasteiger charge is -2.10. The minimum atomic E-state index is -3.89. The van der Waals surface area contributed by atoms with Gasteiger partial charge in [-0.1, -0.05) is 19.8 Å². The Hall–Kier alpha value is -0.250. The second kappa shape index (κ2) is 8.85. The number of unbranched alkanes of at least 4 members (excludes halogenated alkanes) is 2. The van der Waals surface area contributed by atoms with Crippen LogP contribution in [-0.4, -0.2) is 27.7 Å². The van der Waals surface area contributed by atoms with Crippen LogP contribution >= 0.6 is 7.60 Å². The number of hydrogen-bond donors (Lipinski definition) is 2. The maximum atomic E-state index is 11.3. The Morgan fingerprint density at radius 1 is 1.56 bits per heavy atom. The van der Waals surface area contributed by atoms with Crippen molar-refractivity contribution in [2.24, 2.45) is 0 Å². The number of nitriles is 1. The highest BCUT2D eigenvalue weighted by molar-refractivity contribution is 7.85. The summed E-state index contributed by atoms with van der Waals surface area (Å²) in [6, 6.07) is 1.76. The molecule has 0 aromatic heterocycles. The van der Waals surface area contributed by atoms with E-state index in [0.29, 0.717) is 6.42 Å². The van der Waals surface area contributed by atoms with Crippen LogP contribution in [0, 0.1) is 11.3 Å². The molecule has 0 saturated carbocycles. The van der Waals surface area contributed by atoms with E-state index < -0.39 is 18.7 Å². The molecule has 2 unspecified atom stereocenters. The largest absolute Gasteiger partial charge is 0.354 e. The Bertz CT molecular complexity index is 305. The Morgan fingerprint density at radius 3 is 2.81 bits per heavy atom. The summed E-state index contributed by atoms with van der Waals surface area (Å²) in [5.74, 6) is 0.261. The van der Waals surface area contributed by atoms with Crippen LogP contribution in [0.25, 0.3) is 0 Å². The molecule has 0 aliphatic rings. The molecule has 0 saturated heterocycles. The molecule has 6 nitrogen and oxygen atoms in total. The van der Waals surface area contributed by atoms with Crippen LogP contribution < -0.4 is 5.32 Å². The summed E-state index contributed by atoms with van der Waals surface area (Å²) < 4.78 is 27.1. The molecule has 0 heterocycles. The predicted octanol–water partition coefficient (Wildman–Crippen LogP) is 1.11. The van der Waals surface area contributed by atoms with E-state index in [9.17, 15) is 13.7 Å². The number of hydrogen-bond acceptors (Lipinski definition) is 5. The fourth-order valence-corrected chi connectivity index (χ4v) is 3.30. The van der Waals surface area contributed by atoms with Crippen molar-refractivity contribution < 1.29 is 17.6 Å². The first-order chi connectivity index (χ1) is 7.52. The highest BCUT2D eigenvalue weighted by Gasteiger charge is 2.22. The molecule has 0 aromatic carbocycles. The van der Waals surface area contributed by atoms with Crippen molar-refractivity contribution in [1.29, 1.82) is 5.26 Å². The molecule has 8 heteroatoms. The molecule has 0 aliphatic carbocycles. The Labute approximate surface area is 98.2 Å². The SMILES string of the molecule is CCCCCS(=O)OP(=O)(O)CNCC#N. The second-order valence-corrected chi connectivity index (χ2v) is 6.37. The topological polar surface area (TPSA) is 99.4 Å². The van der Waals surface area contributed by atoms with Crippen LogP contribution in [0.5, 0.6) is 0 Å². The highest BCUT2D eigenvalue weighted by atomic mass is 32.2. The van der Waals surface area contributed by atoms with Gasteiger partial charge in [-0.3, -0.25) is 9.88 Å². The van der Waals surface area contributed by atoms with Crippen molar-refractivity contribution in [2.45, 2.75) is 26.2 Å². The summed E-state index contributed by atoms with van der Waals surface area (Å²) in [6.07, 6.45) is 2.24. The zero-order chi connectivity index (χ0) is 12.4. The van der Waals surface area contributed by atoms with Crippen LogP contribution in [0.3, 0.4) is 0 Å². The van der Waals surface area contributed by atoms with Gasteiger partial charge < -0.3 is 4.89 Å². The number of rotatable bonds is 9. The molecule has 0 radical (unpaired) electrons. The van der Waals surface area contributed by atoms with Crippen molar-refractivity contribution in [1.82, 2.24) is 5.32 Å². The molecular formula is C8H17N2O4PS. The molecule has 94 valence electrons. The summed E-state index contributed by atoms with van der Waals surface area (Å²) in [5.41, 5.74) is 0. The average molecular weight is 268 g/mol. The van der Waals surface area contributed by atoms with Crippen LogP contribution in [0.1, 0.15) is 26.2 Å². The molecule has 16 heavy (non-hydrogen) atoms. The smallest absolute Gasteiger partial charge is 0.323 e. The highest BCUT2D eigenvalue weighted by Crippen LogP contribution is 2.41. The van der Waals surface area contributed by atoms with Gasteiger partial charge in [0.15, 0.2) is 11.1 Å². The fourth-order valence-electron chi connectivity index (χ4n) is 0.917. The number of nitrogens with one attached hydrogen (secondary N) is 1. The van der Waals surface area contributed by atoms with Gasteiger partial charge in [-0.05, 0) is 6.42 Å². The molecule has 0 aliphatic heterocycles. The lowest BCUT2D eigenvalue weighted by Crippen LogP contribution is -2.17. The molecular weight excluding hydrogens is 251 g/mol. The van der Waals surface area contributed by atoms with E-state index in [1.807, 2.05) is 6.92 Å². The van der Waals surface area contributed by atoms with Gasteiger partial charge in [0, 0.05) is 5.75 Å². The van der Waals surface area contributed by atoms with Gasteiger partial charge in [0.05, 0.1) is 12.6 Å². The van der Waals surface area contributed by atoms with E-state index in [0.717, 1.165) is 12.8 Å². The maximum Gasteiger partial charge on any atom is 0.354 e. The van der Waals surface area contributed by atoms with Crippen molar-refractivity contribution in [3.05, 3.63) is 0 Å². The van der Waals surface area contributed by atoms with Crippen molar-refractivity contribution in [3.8, 4) is 6.07 Å². The predicted molar refractivity (Wildman–Crippen MR) is 61.9 cm³/mol. The Morgan fingerprint density at radius 2 is 2.25 bits per heavy atom. The monoisotopic (exact) mass is 268 g/mol. The van der Waals surface area contributed by atoms with Gasteiger partial charge in [-0.15, -0.1) is 0 Å². The van der Waals surface area contributed by atoms with E-state index in [-0.39, 0.29) is 18.6 Å². The third kappa shape index (κ3) is 9.01. The van der Waals surface area contributed by atoms with Crippen LogP contribution in [0.4, 0.5) is 0 Å². The first-order valence-electron chi connectivity index (χ1n) is 4.99. The normalized spacial score (nSPS) is 16.3. The van der Waals surface area contributed by atoms with Crippen LogP contribution in [0.2, 0.25) is 0 Å². The molecule has 2 atom stereocenters. The quantitative estimate of drug-likeness (QED) is 0.369. The molecule has 0 bridgehead atoms. The molecule has 0 rings (SSSR count). The molecule has 0 aromatic rings. The van der Waals surface area contributed by atoms with Gasteiger partial charge in [-0.25, -0.2) is 8.18 Å². The zero-order valence-corrected chi connectivity index (χ0v) is 10.9. The van der Waals surface area contributed by atoms with Gasteiger partial charge >= 0.3 is 7.60 Å². The summed E-state index contributed by atoms with van der Waals surface area (Å²) >= 11 is -1.73. The van der Waals surface area contributed by atoms with E-state index in [4.69, 9.17) is 5.26 Å². The van der Waals surface area contributed by atoms with E-state index in [1.165, 1.54) is 0 Å². The molecule has 0 fully saturated rings. The first kappa shape index (κ1) is 15.8. The van der Waals surface area contributed by atoms with Crippen molar-refractivity contribution in [3.63, 3.8) is 0 Å². The standard InChI is InChI=1S/C8H17N2O4PS/c1-2-3-4-7-16(13)14-15(11,12)8-10-6-5-9/h10H,2-4,6-8H2,1H3,(H,11,12). The third-order valence-electron chi connectivity index (χ3n) is 1.63. The van der Waals surface area contributed by atoms with E-state index in [1.54, 1.807) is 6.07 Å². The van der Waals surface area contributed by atoms with Crippen molar-refractivity contribution in [2.75, 3.05) is 18.6 Å². The number of nitrogens with zero attached hydrogens (tertiary/aromatic N) is 1. The first-order valence-corrected chi connectivity index (χ1v) is 8.00. The van der Waals surface area contributed by atoms with Gasteiger partial charge in [0.2, 0.25) is 0 Å². The molecule has 0 spiro atoms. The van der Waals surface area contributed by atoms with Crippen LogP contribution in [0.15, 0.2) is 0 Å². The lowest BCUT2D eigenvalue weighted by atomic mass is 10.3. The van der Waals surface area contributed by atoms with Gasteiger partial charge in [0.1, 0.15) is 6.29 Å². The maximum absolute atomic E-state index is 11.3.